The fourth-order valence-electron chi connectivity index (χ4n) is 1.32. The van der Waals surface area contributed by atoms with E-state index in [2.05, 4.69) is 16.5 Å². The predicted molar refractivity (Wildman–Crippen MR) is 70.2 cm³/mol. The molecule has 1 aromatic rings. The Morgan fingerprint density at radius 3 is 2.71 bits per heavy atom. The number of nitrogens with zero attached hydrogens (tertiary/aromatic N) is 2. The first-order chi connectivity index (χ1) is 8.06. The molecule has 4 nitrogen and oxygen atoms in total. The van der Waals surface area contributed by atoms with Crippen molar-refractivity contribution in [2.75, 3.05) is 12.3 Å². The van der Waals surface area contributed by atoms with E-state index in [1.54, 1.807) is 0 Å². The minimum Gasteiger partial charge on any atom is -0.477 e. The predicted octanol–water partition coefficient (Wildman–Crippen LogP) is 2.84. The average Bonchev–Trinajstić information content (AvgIpc) is 2.29. The van der Waals surface area contributed by atoms with Gasteiger partial charge in [-0.3, -0.25) is 0 Å². The zero-order chi connectivity index (χ0) is 12.8. The van der Waals surface area contributed by atoms with Gasteiger partial charge >= 0.3 is 0 Å². The number of allylic oxidation sites excluding steroid dienone is 1. The molecule has 0 saturated heterocycles. The van der Waals surface area contributed by atoms with Crippen LogP contribution in [0.5, 0.6) is 5.88 Å². The molecule has 2 N–H and O–H groups in total. The van der Waals surface area contributed by atoms with Gasteiger partial charge in [0.15, 0.2) is 0 Å². The number of nitrogens with two attached hydrogens (primary N) is 1. The molecule has 94 valence electrons. The molecule has 0 unspecified atom stereocenters. The molecule has 1 aromatic heterocycles. The topological polar surface area (TPSA) is 61.0 Å². The highest BCUT2D eigenvalue weighted by atomic mass is 16.5. The molecular formula is C13H21N3O. The molecular weight excluding hydrogens is 214 g/mol. The van der Waals surface area contributed by atoms with E-state index in [1.807, 2.05) is 26.8 Å². The third-order valence-corrected chi connectivity index (χ3v) is 2.46. The Labute approximate surface area is 103 Å². The van der Waals surface area contributed by atoms with Crippen LogP contribution in [0.1, 0.15) is 44.0 Å². The van der Waals surface area contributed by atoms with Gasteiger partial charge in [-0.05, 0) is 19.8 Å². The van der Waals surface area contributed by atoms with Gasteiger partial charge in [0, 0.05) is 5.92 Å². The zero-order valence-electron chi connectivity index (χ0n) is 10.9. The molecule has 0 aliphatic heterocycles. The van der Waals surface area contributed by atoms with Gasteiger partial charge in [0.1, 0.15) is 11.6 Å². The first-order valence-corrected chi connectivity index (χ1v) is 5.94. The largest absolute Gasteiger partial charge is 0.477 e. The van der Waals surface area contributed by atoms with E-state index < -0.39 is 0 Å². The Balaban J connectivity index is 2.78. The Morgan fingerprint density at radius 1 is 1.41 bits per heavy atom. The maximum absolute atomic E-state index is 5.84. The van der Waals surface area contributed by atoms with Crippen molar-refractivity contribution in [2.45, 2.75) is 39.5 Å². The van der Waals surface area contributed by atoms with Crippen LogP contribution in [0, 0.1) is 6.92 Å². The van der Waals surface area contributed by atoms with Crippen molar-refractivity contribution in [3.05, 3.63) is 24.0 Å². The van der Waals surface area contributed by atoms with Crippen molar-refractivity contribution in [3.63, 3.8) is 0 Å². The molecule has 0 bridgehead atoms. The van der Waals surface area contributed by atoms with Gasteiger partial charge in [0.25, 0.3) is 0 Å². The second-order valence-corrected chi connectivity index (χ2v) is 4.33. The van der Waals surface area contributed by atoms with E-state index in [-0.39, 0.29) is 5.92 Å². The van der Waals surface area contributed by atoms with E-state index in [9.17, 15) is 0 Å². The summed E-state index contributed by atoms with van der Waals surface area (Å²) in [4.78, 5) is 8.64. The minimum atomic E-state index is 0.244. The van der Waals surface area contributed by atoms with E-state index in [0.29, 0.717) is 18.3 Å². The second-order valence-electron chi connectivity index (χ2n) is 4.33. The number of hydrogen-bond acceptors (Lipinski definition) is 4. The smallest absolute Gasteiger partial charge is 0.221 e. The first-order valence-electron chi connectivity index (χ1n) is 5.94. The summed E-state index contributed by atoms with van der Waals surface area (Å²) in [5, 5.41) is 0. The van der Waals surface area contributed by atoms with Crippen LogP contribution in [0.2, 0.25) is 0 Å². The molecule has 1 rings (SSSR count). The van der Waals surface area contributed by atoms with Crippen LogP contribution in [0.25, 0.3) is 0 Å². The lowest BCUT2D eigenvalue weighted by atomic mass is 10.2. The summed E-state index contributed by atoms with van der Waals surface area (Å²) in [6.45, 7) is 10.2. The molecule has 0 aromatic carbocycles. The number of anilines is 1. The van der Waals surface area contributed by atoms with Gasteiger partial charge in [0.2, 0.25) is 5.88 Å². The molecule has 0 spiro atoms. The lowest BCUT2D eigenvalue weighted by Gasteiger charge is -2.12. The quantitative estimate of drug-likeness (QED) is 0.608. The zero-order valence-corrected chi connectivity index (χ0v) is 10.9. The highest BCUT2D eigenvalue weighted by Gasteiger charge is 2.11. The maximum Gasteiger partial charge on any atom is 0.221 e. The van der Waals surface area contributed by atoms with E-state index in [4.69, 9.17) is 10.5 Å². The standard InChI is InChI=1S/C13H21N3O/c1-5-6-7-8-17-13-10(4)11(14)15-12(16-13)9(2)3/h5,9H,1,6-8H2,2-4H3,(H2,14,15,16). The van der Waals surface area contributed by atoms with E-state index >= 15 is 0 Å². The summed E-state index contributed by atoms with van der Waals surface area (Å²) in [5.41, 5.74) is 6.66. The van der Waals surface area contributed by atoms with Crippen molar-refractivity contribution in [2.24, 2.45) is 0 Å². The van der Waals surface area contributed by atoms with Gasteiger partial charge in [0.05, 0.1) is 12.2 Å². The SMILES string of the molecule is C=CCCCOc1nc(C(C)C)nc(N)c1C. The monoisotopic (exact) mass is 235 g/mol. The van der Waals surface area contributed by atoms with Gasteiger partial charge in [-0.2, -0.15) is 4.98 Å². The summed E-state index contributed by atoms with van der Waals surface area (Å²) in [6.07, 6.45) is 3.75. The number of aromatic nitrogens is 2. The average molecular weight is 235 g/mol. The maximum atomic E-state index is 5.84. The van der Waals surface area contributed by atoms with Crippen molar-refractivity contribution in [1.29, 1.82) is 0 Å². The van der Waals surface area contributed by atoms with Crippen molar-refractivity contribution >= 4 is 5.82 Å². The molecule has 17 heavy (non-hydrogen) atoms. The van der Waals surface area contributed by atoms with Crippen LogP contribution < -0.4 is 10.5 Å². The van der Waals surface area contributed by atoms with Crippen LogP contribution in [-0.4, -0.2) is 16.6 Å². The Bertz CT molecular complexity index is 388. The minimum absolute atomic E-state index is 0.244. The van der Waals surface area contributed by atoms with E-state index in [1.165, 1.54) is 0 Å². The van der Waals surface area contributed by atoms with E-state index in [0.717, 1.165) is 24.2 Å². The molecule has 1 heterocycles. The lowest BCUT2D eigenvalue weighted by molar-refractivity contribution is 0.296. The fourth-order valence-corrected chi connectivity index (χ4v) is 1.32. The Kier molecular flexibility index (Phi) is 4.94. The number of rotatable bonds is 6. The highest BCUT2D eigenvalue weighted by molar-refractivity contribution is 5.44. The molecule has 0 amide bonds. The second kappa shape index (κ2) is 6.23. The molecule has 0 aliphatic carbocycles. The summed E-state index contributed by atoms with van der Waals surface area (Å²) in [7, 11) is 0. The summed E-state index contributed by atoms with van der Waals surface area (Å²) >= 11 is 0. The Morgan fingerprint density at radius 2 is 2.12 bits per heavy atom. The number of ether oxygens (including phenoxy) is 1. The fraction of sp³-hybridized carbons (Fsp3) is 0.538. The molecule has 0 aliphatic rings. The van der Waals surface area contributed by atoms with Gasteiger partial charge in [-0.1, -0.05) is 19.9 Å². The lowest BCUT2D eigenvalue weighted by Crippen LogP contribution is -2.08. The third kappa shape index (κ3) is 3.73. The highest BCUT2D eigenvalue weighted by Crippen LogP contribution is 2.22. The van der Waals surface area contributed by atoms with Gasteiger partial charge in [-0.25, -0.2) is 4.98 Å². The molecule has 4 heteroatoms. The number of hydrogen-bond donors (Lipinski definition) is 1. The van der Waals surface area contributed by atoms with Gasteiger partial charge < -0.3 is 10.5 Å². The van der Waals surface area contributed by atoms with Crippen LogP contribution in [-0.2, 0) is 0 Å². The molecule has 0 saturated carbocycles. The van der Waals surface area contributed by atoms with Gasteiger partial charge in [-0.15, -0.1) is 6.58 Å². The van der Waals surface area contributed by atoms with Crippen molar-refractivity contribution in [1.82, 2.24) is 9.97 Å². The number of unbranched alkanes of at least 4 members (excludes halogenated alkanes) is 1. The van der Waals surface area contributed by atoms with Crippen molar-refractivity contribution in [3.8, 4) is 5.88 Å². The summed E-state index contributed by atoms with van der Waals surface area (Å²) in [5.74, 6) is 2.08. The molecule has 0 radical (unpaired) electrons. The molecule has 0 atom stereocenters. The first kappa shape index (κ1) is 13.5. The summed E-state index contributed by atoms with van der Waals surface area (Å²) in [6, 6.07) is 0. The van der Waals surface area contributed by atoms with Crippen molar-refractivity contribution < 1.29 is 4.74 Å². The normalized spacial score (nSPS) is 10.6. The Hall–Kier alpha value is -1.58. The van der Waals surface area contributed by atoms with Crippen LogP contribution in [0.4, 0.5) is 5.82 Å². The van der Waals surface area contributed by atoms with Crippen LogP contribution >= 0.6 is 0 Å². The van der Waals surface area contributed by atoms with Crippen LogP contribution in [0.3, 0.4) is 0 Å². The molecule has 0 fully saturated rings. The van der Waals surface area contributed by atoms with Crippen LogP contribution in [0.15, 0.2) is 12.7 Å². The number of nitrogen functional groups attached to an aromatic ring is 1. The third-order valence-electron chi connectivity index (χ3n) is 2.46. The summed E-state index contributed by atoms with van der Waals surface area (Å²) < 4.78 is 5.63.